The summed E-state index contributed by atoms with van der Waals surface area (Å²) < 4.78 is 10.9. The van der Waals surface area contributed by atoms with Crippen LogP contribution in [-0.4, -0.2) is 28.6 Å². The van der Waals surface area contributed by atoms with E-state index in [1.54, 1.807) is 13.1 Å². The molecule has 1 aromatic carbocycles. The van der Waals surface area contributed by atoms with Gasteiger partial charge in [0, 0.05) is 11.5 Å². The van der Waals surface area contributed by atoms with Gasteiger partial charge in [-0.3, -0.25) is 4.90 Å². The number of carbonyl (C=O) groups excluding carboxylic acids is 1. The van der Waals surface area contributed by atoms with Crippen molar-refractivity contribution in [2.24, 2.45) is 5.11 Å². The van der Waals surface area contributed by atoms with Gasteiger partial charge in [-0.15, -0.1) is 0 Å². The van der Waals surface area contributed by atoms with Gasteiger partial charge >= 0.3 is 6.09 Å². The van der Waals surface area contributed by atoms with E-state index >= 15 is 0 Å². The minimum absolute atomic E-state index is 0.180. The number of ether oxygens (including phenoxy) is 1. The summed E-state index contributed by atoms with van der Waals surface area (Å²) in [6, 6.07) is 8.72. The van der Waals surface area contributed by atoms with Crippen LogP contribution in [-0.2, 0) is 11.3 Å². The Hall–Kier alpha value is -2.99. The van der Waals surface area contributed by atoms with E-state index in [0.29, 0.717) is 18.1 Å². The van der Waals surface area contributed by atoms with Crippen molar-refractivity contribution in [3.63, 3.8) is 0 Å². The maximum Gasteiger partial charge on any atom is 0.410 e. The topological polar surface area (TPSA) is 104 Å². The van der Waals surface area contributed by atoms with Crippen LogP contribution < -0.4 is 0 Å². The molecule has 0 aliphatic carbocycles. The second kappa shape index (κ2) is 7.06. The molecule has 1 aliphatic rings. The lowest BCUT2D eigenvalue weighted by molar-refractivity contribution is 0.0874. The van der Waals surface area contributed by atoms with Gasteiger partial charge < -0.3 is 9.15 Å². The molecule has 3 rings (SSSR count). The number of hydrogen-bond acceptors (Lipinski definition) is 5. The fourth-order valence-electron chi connectivity index (χ4n) is 2.73. The molecule has 1 aromatic heterocycles. The van der Waals surface area contributed by atoms with Crippen LogP contribution >= 0.6 is 0 Å². The number of rotatable bonds is 4. The second-order valence-corrected chi connectivity index (χ2v) is 5.61. The summed E-state index contributed by atoms with van der Waals surface area (Å²) in [6.45, 7) is 2.25. The predicted octanol–water partition coefficient (Wildman–Crippen LogP) is 3.75. The summed E-state index contributed by atoms with van der Waals surface area (Å²) in [6.07, 6.45) is 1.59. The van der Waals surface area contributed by atoms with Crippen LogP contribution in [0.3, 0.4) is 0 Å². The van der Waals surface area contributed by atoms with E-state index < -0.39 is 12.1 Å². The van der Waals surface area contributed by atoms with E-state index in [1.165, 1.54) is 4.90 Å². The average Bonchev–Trinajstić information content (AvgIpc) is 3.20. The quantitative estimate of drug-likeness (QED) is 0.484. The summed E-state index contributed by atoms with van der Waals surface area (Å²) in [7, 11) is 0. The van der Waals surface area contributed by atoms with Crippen LogP contribution in [0.4, 0.5) is 4.79 Å². The molecule has 0 N–H and O–H groups in total. The first-order valence-corrected chi connectivity index (χ1v) is 7.61. The zero-order chi connectivity index (χ0) is 16.9. The summed E-state index contributed by atoms with van der Waals surface area (Å²) in [4.78, 5) is 21.0. The number of benzene rings is 1. The number of likely N-dealkylation sites (tertiary alicyclic amines) is 1. The van der Waals surface area contributed by atoms with Gasteiger partial charge in [-0.2, -0.15) is 0 Å². The van der Waals surface area contributed by atoms with Crippen molar-refractivity contribution in [3.05, 3.63) is 64.2 Å². The number of amides is 1. The fourth-order valence-corrected chi connectivity index (χ4v) is 2.73. The molecule has 0 unspecified atom stereocenters. The molecule has 1 saturated heterocycles. The molecule has 8 nitrogen and oxygen atoms in total. The standard InChI is InChI=1S/C16H17N5O3/c1-11-8-18-15(24-11)14-7-13(19-20-17)9-21(14)16(22)23-10-12-5-3-2-4-6-12/h2-6,8,13-14H,7,9-10H2,1H3/t13-,14-/m0/s1. The third-order valence-electron chi connectivity index (χ3n) is 3.86. The Bertz CT molecular complexity index is 754. The molecule has 0 spiro atoms. The van der Waals surface area contributed by atoms with E-state index in [9.17, 15) is 4.79 Å². The Morgan fingerprint density at radius 2 is 2.29 bits per heavy atom. The van der Waals surface area contributed by atoms with Crippen molar-refractivity contribution in [1.29, 1.82) is 0 Å². The number of azide groups is 1. The van der Waals surface area contributed by atoms with Crippen LogP contribution in [0.5, 0.6) is 0 Å². The third-order valence-corrected chi connectivity index (χ3v) is 3.86. The highest BCUT2D eigenvalue weighted by Gasteiger charge is 2.39. The van der Waals surface area contributed by atoms with Crippen molar-refractivity contribution in [2.75, 3.05) is 6.54 Å². The predicted molar refractivity (Wildman–Crippen MR) is 84.9 cm³/mol. The van der Waals surface area contributed by atoms with Crippen molar-refractivity contribution in [2.45, 2.75) is 32.0 Å². The number of hydrogen-bond donors (Lipinski definition) is 0. The van der Waals surface area contributed by atoms with Gasteiger partial charge in [-0.05, 0) is 24.4 Å². The average molecular weight is 327 g/mol. The molecule has 0 radical (unpaired) electrons. The Kier molecular flexibility index (Phi) is 4.67. The maximum absolute atomic E-state index is 12.5. The van der Waals surface area contributed by atoms with Gasteiger partial charge in [0.2, 0.25) is 5.89 Å². The summed E-state index contributed by atoms with van der Waals surface area (Å²) in [5.74, 6) is 1.09. The van der Waals surface area contributed by atoms with E-state index in [-0.39, 0.29) is 19.2 Å². The summed E-state index contributed by atoms with van der Waals surface area (Å²) in [5.41, 5.74) is 9.55. The normalized spacial score (nSPS) is 19.8. The number of oxazole rings is 1. The SMILES string of the molecule is Cc1cnc([C@@H]2C[C@H](N=[N+]=[N-])CN2C(=O)OCc2ccccc2)o1. The number of aromatic nitrogens is 1. The van der Waals surface area contributed by atoms with E-state index in [1.807, 2.05) is 30.3 Å². The Labute approximate surface area is 138 Å². The van der Waals surface area contributed by atoms with Gasteiger partial charge in [0.15, 0.2) is 0 Å². The van der Waals surface area contributed by atoms with Crippen LogP contribution in [0.15, 0.2) is 46.1 Å². The highest BCUT2D eigenvalue weighted by Crippen LogP contribution is 2.34. The summed E-state index contributed by atoms with van der Waals surface area (Å²) in [5, 5.41) is 3.72. The zero-order valence-electron chi connectivity index (χ0n) is 13.2. The zero-order valence-corrected chi connectivity index (χ0v) is 13.2. The van der Waals surface area contributed by atoms with Gasteiger partial charge in [-0.1, -0.05) is 35.4 Å². The minimum atomic E-state index is -0.477. The van der Waals surface area contributed by atoms with Gasteiger partial charge in [0.05, 0.1) is 12.2 Å². The molecule has 8 heteroatoms. The highest BCUT2D eigenvalue weighted by atomic mass is 16.6. The van der Waals surface area contributed by atoms with Crippen molar-refractivity contribution < 1.29 is 13.9 Å². The molecule has 1 aliphatic heterocycles. The lowest BCUT2D eigenvalue weighted by Gasteiger charge is -2.21. The fraction of sp³-hybridized carbons (Fsp3) is 0.375. The van der Waals surface area contributed by atoms with Crippen molar-refractivity contribution in [1.82, 2.24) is 9.88 Å². The lowest BCUT2D eigenvalue weighted by Crippen LogP contribution is -2.32. The number of nitrogens with zero attached hydrogens (tertiary/aromatic N) is 5. The van der Waals surface area contributed by atoms with Gasteiger partial charge in [0.1, 0.15) is 18.4 Å². The van der Waals surface area contributed by atoms with E-state index in [4.69, 9.17) is 14.7 Å². The molecule has 0 bridgehead atoms. The second-order valence-electron chi connectivity index (χ2n) is 5.61. The first-order valence-electron chi connectivity index (χ1n) is 7.61. The molecule has 0 saturated carbocycles. The molecular formula is C16H17N5O3. The summed E-state index contributed by atoms with van der Waals surface area (Å²) >= 11 is 0. The first kappa shape index (κ1) is 15.9. The largest absolute Gasteiger partial charge is 0.445 e. The lowest BCUT2D eigenvalue weighted by atomic mass is 10.2. The smallest absolute Gasteiger partial charge is 0.410 e. The van der Waals surface area contributed by atoms with Crippen molar-refractivity contribution >= 4 is 6.09 Å². The third kappa shape index (κ3) is 3.49. The Morgan fingerprint density at radius 3 is 2.96 bits per heavy atom. The Morgan fingerprint density at radius 1 is 1.50 bits per heavy atom. The first-order chi connectivity index (χ1) is 11.7. The van der Waals surface area contributed by atoms with Crippen LogP contribution in [0.25, 0.3) is 10.4 Å². The molecular weight excluding hydrogens is 310 g/mol. The molecule has 2 heterocycles. The van der Waals surface area contributed by atoms with Gasteiger partial charge in [-0.25, -0.2) is 9.78 Å². The minimum Gasteiger partial charge on any atom is -0.445 e. The maximum atomic E-state index is 12.5. The molecule has 2 aromatic rings. The van der Waals surface area contributed by atoms with Crippen LogP contribution in [0.2, 0.25) is 0 Å². The molecule has 1 amide bonds. The number of carbonyl (C=O) groups is 1. The highest BCUT2D eigenvalue weighted by molar-refractivity contribution is 5.68. The van der Waals surface area contributed by atoms with Crippen LogP contribution in [0, 0.1) is 6.92 Å². The van der Waals surface area contributed by atoms with Crippen LogP contribution in [0.1, 0.15) is 29.7 Å². The van der Waals surface area contributed by atoms with E-state index in [2.05, 4.69) is 15.0 Å². The molecule has 24 heavy (non-hydrogen) atoms. The molecule has 124 valence electrons. The monoisotopic (exact) mass is 327 g/mol. The molecule has 2 atom stereocenters. The molecule has 1 fully saturated rings. The van der Waals surface area contributed by atoms with Crippen molar-refractivity contribution in [3.8, 4) is 0 Å². The Balaban J connectivity index is 1.72. The van der Waals surface area contributed by atoms with Gasteiger partial charge in [0.25, 0.3) is 0 Å². The number of aryl methyl sites for hydroxylation is 1. The van der Waals surface area contributed by atoms with E-state index in [0.717, 1.165) is 5.56 Å².